The molecule has 1 amide bonds. The van der Waals surface area contributed by atoms with E-state index in [9.17, 15) is 19.8 Å². The summed E-state index contributed by atoms with van der Waals surface area (Å²) in [6, 6.07) is 10.8. The maximum absolute atomic E-state index is 12.3. The van der Waals surface area contributed by atoms with Crippen LogP contribution in [0.4, 0.5) is 0 Å². The van der Waals surface area contributed by atoms with Gasteiger partial charge in [0, 0.05) is 54.5 Å². The fraction of sp³-hybridized carbons (Fsp3) is 0.515. The Balaban J connectivity index is 0.000000301. The number of ether oxygens (including phenoxy) is 2. The van der Waals surface area contributed by atoms with Crippen molar-refractivity contribution >= 4 is 85.9 Å². The number of carbonyl (C=O) groups excluding carboxylic acids is 2. The maximum Gasteiger partial charge on any atom is 0.252 e. The van der Waals surface area contributed by atoms with Gasteiger partial charge in [0.25, 0.3) is 5.91 Å². The fourth-order valence-electron chi connectivity index (χ4n) is 4.16. The topological polar surface area (TPSA) is 147 Å². The maximum atomic E-state index is 12.3. The van der Waals surface area contributed by atoms with E-state index < -0.39 is 20.2 Å². The minimum Gasteiger partial charge on any atom is -0.475 e. The minimum absolute atomic E-state index is 0.0728. The van der Waals surface area contributed by atoms with Crippen LogP contribution in [0.25, 0.3) is 0 Å². The summed E-state index contributed by atoms with van der Waals surface area (Å²) in [5.74, 6) is 0.966. The first-order valence-electron chi connectivity index (χ1n) is 14.9. The monoisotopic (exact) mass is 853 g/mol. The van der Waals surface area contributed by atoms with E-state index in [1.807, 2.05) is 32.0 Å². The molecule has 0 atom stereocenters. The van der Waals surface area contributed by atoms with Crippen molar-refractivity contribution in [3.05, 3.63) is 67.6 Å². The van der Waals surface area contributed by atoms with Crippen LogP contribution in [0.15, 0.2) is 55.3 Å². The van der Waals surface area contributed by atoms with Gasteiger partial charge in [-0.15, -0.1) is 0 Å². The van der Waals surface area contributed by atoms with Crippen LogP contribution in [-0.4, -0.2) is 81.0 Å². The summed E-state index contributed by atoms with van der Waals surface area (Å²) in [4.78, 5) is 33.7. The predicted octanol–water partition coefficient (Wildman–Crippen LogP) is 7.14. The molecule has 10 nitrogen and oxygen atoms in total. The molecule has 266 valence electrons. The zero-order valence-corrected chi connectivity index (χ0v) is 33.8. The zero-order chi connectivity index (χ0) is 36.7. The van der Waals surface area contributed by atoms with Gasteiger partial charge in [0.1, 0.15) is 13.2 Å². The number of aliphatic hydroxyl groups is 2. The fourth-order valence-corrected chi connectivity index (χ4v) is 5.26. The lowest BCUT2D eigenvalue weighted by molar-refractivity contribution is 0.0851. The molecule has 0 spiro atoms. The summed E-state index contributed by atoms with van der Waals surface area (Å²) in [6.45, 7) is 16.3. The van der Waals surface area contributed by atoms with Crippen molar-refractivity contribution in [2.45, 2.75) is 78.4 Å². The summed E-state index contributed by atoms with van der Waals surface area (Å²) in [5.41, 5.74) is 1.29. The van der Waals surface area contributed by atoms with Crippen LogP contribution in [0.1, 0.15) is 93.7 Å². The number of nitrogens with one attached hydrogen (secondary N) is 1. The highest BCUT2D eigenvalue weighted by atomic mass is 79.9. The molecule has 0 saturated carbocycles. The summed E-state index contributed by atoms with van der Waals surface area (Å²) < 4.78 is 21.9. The van der Waals surface area contributed by atoms with Crippen LogP contribution in [0, 0.1) is 5.41 Å². The number of hydrogen-bond donors (Lipinski definition) is 3. The number of ketones is 1. The Bertz CT molecular complexity index is 1580. The van der Waals surface area contributed by atoms with Crippen molar-refractivity contribution in [3.63, 3.8) is 0 Å². The molecule has 0 aromatic heterocycles. The number of nitrogens with zero attached hydrogens (tertiary/aromatic N) is 2. The average molecular weight is 857 g/mol. The molecule has 2 aromatic carbocycles. The third-order valence-corrected chi connectivity index (χ3v) is 8.14. The van der Waals surface area contributed by atoms with Crippen LogP contribution in [0.5, 0.6) is 0 Å². The van der Waals surface area contributed by atoms with E-state index in [2.05, 4.69) is 96.2 Å². The lowest BCUT2D eigenvalue weighted by Gasteiger charge is -2.24. The Morgan fingerprint density at radius 3 is 1.88 bits per heavy atom. The summed E-state index contributed by atoms with van der Waals surface area (Å²) in [5, 5.41) is 21.2. The SMILES string of the molecule is CC(C)(CO)CC(=O)c1ccc(C(=O)NC(C)(C)CO)c(Br)c1.CC1(C)COC(c2ccc(C3=NC(C)(C)CO3)c(Br)c2)=N1.O=S(Cl)Cl. The smallest absolute Gasteiger partial charge is 0.252 e. The van der Waals surface area contributed by atoms with E-state index in [0.29, 0.717) is 40.6 Å². The van der Waals surface area contributed by atoms with Crippen LogP contribution >= 0.6 is 53.2 Å². The molecule has 2 aliphatic heterocycles. The highest BCUT2D eigenvalue weighted by Crippen LogP contribution is 2.29. The van der Waals surface area contributed by atoms with Gasteiger partial charge < -0.3 is 25.0 Å². The van der Waals surface area contributed by atoms with Gasteiger partial charge in [-0.3, -0.25) is 9.59 Å². The van der Waals surface area contributed by atoms with Crippen molar-refractivity contribution in [1.29, 1.82) is 0 Å². The van der Waals surface area contributed by atoms with Gasteiger partial charge in [-0.2, -0.15) is 0 Å². The quantitative estimate of drug-likeness (QED) is 0.180. The highest BCUT2D eigenvalue weighted by Gasteiger charge is 2.30. The number of amides is 1. The Hall–Kier alpha value is -1.87. The lowest BCUT2D eigenvalue weighted by Crippen LogP contribution is -2.46. The molecule has 0 fully saturated rings. The molecule has 0 unspecified atom stereocenters. The molecule has 0 radical (unpaired) electrons. The van der Waals surface area contributed by atoms with Crippen LogP contribution in [0.2, 0.25) is 0 Å². The first-order chi connectivity index (χ1) is 22.0. The predicted molar refractivity (Wildman–Crippen MR) is 200 cm³/mol. The second-order valence-electron chi connectivity index (χ2n) is 14.0. The molecular weight excluding hydrogens is 813 g/mol. The second-order valence-corrected chi connectivity index (χ2v) is 18.3. The highest BCUT2D eigenvalue weighted by molar-refractivity contribution is 9.10. The largest absolute Gasteiger partial charge is 0.475 e. The van der Waals surface area contributed by atoms with Gasteiger partial charge in [-0.05, 0) is 109 Å². The average Bonchev–Trinajstić information content (AvgIpc) is 3.52. The van der Waals surface area contributed by atoms with Gasteiger partial charge in [-0.25, -0.2) is 14.2 Å². The number of halogens is 4. The molecule has 4 rings (SSSR count). The number of aliphatic imine (C=N–C) groups is 2. The van der Waals surface area contributed by atoms with Crippen molar-refractivity contribution in [2.75, 3.05) is 26.4 Å². The molecule has 2 aromatic rings. The Kier molecular flexibility index (Phi) is 15.3. The van der Waals surface area contributed by atoms with E-state index >= 15 is 0 Å². The second kappa shape index (κ2) is 17.4. The molecule has 2 heterocycles. The number of rotatable bonds is 9. The minimum atomic E-state index is -1.67. The van der Waals surface area contributed by atoms with Gasteiger partial charge in [0.15, 0.2) is 5.78 Å². The third-order valence-electron chi connectivity index (χ3n) is 6.83. The van der Waals surface area contributed by atoms with Crippen molar-refractivity contribution in [1.82, 2.24) is 5.32 Å². The van der Waals surface area contributed by atoms with E-state index in [4.69, 9.17) is 13.7 Å². The Morgan fingerprint density at radius 2 is 1.44 bits per heavy atom. The van der Waals surface area contributed by atoms with Crippen molar-refractivity contribution < 1.29 is 33.5 Å². The standard InChI is InChI=1S/C17H24BrNO4.C16H19BrN2O2.Cl2OS/c1-16(2,9-20)8-14(22)11-5-6-12(13(18)7-11)15(23)19-17(3,4)10-21;1-15(2)8-20-13(18-15)10-5-6-11(12(17)7-10)14-19-16(3,4)9-21-14;1-4(2)3/h5-7,20-21H,8-10H2,1-4H3,(H,19,23);5-7H,8-9H2,1-4H3;. The first-order valence-corrected chi connectivity index (χ1v) is 19.3. The Morgan fingerprint density at radius 1 is 0.896 bits per heavy atom. The van der Waals surface area contributed by atoms with Crippen molar-refractivity contribution in [2.24, 2.45) is 15.4 Å². The number of Topliss-reactive ketones (excluding diaryl/α,β-unsaturated/α-hetero) is 1. The van der Waals surface area contributed by atoms with E-state index in [0.717, 1.165) is 15.6 Å². The molecule has 3 N–H and O–H groups in total. The lowest BCUT2D eigenvalue weighted by atomic mass is 9.86. The van der Waals surface area contributed by atoms with E-state index in [1.54, 1.807) is 32.0 Å². The summed E-state index contributed by atoms with van der Waals surface area (Å²) in [6.07, 6.45) is 0.221. The molecule has 48 heavy (non-hydrogen) atoms. The zero-order valence-electron chi connectivity index (χ0n) is 28.2. The number of carbonyl (C=O) groups is 2. The molecular formula is C33H43Br2Cl2N3O7S. The molecule has 0 saturated heterocycles. The first kappa shape index (κ1) is 42.3. The van der Waals surface area contributed by atoms with E-state index in [1.165, 1.54) is 0 Å². The van der Waals surface area contributed by atoms with Gasteiger partial charge in [-0.1, -0.05) is 19.9 Å². The normalized spacial score (nSPS) is 16.3. The van der Waals surface area contributed by atoms with Crippen molar-refractivity contribution in [3.8, 4) is 0 Å². The number of hydrogen-bond acceptors (Lipinski definition) is 9. The van der Waals surface area contributed by atoms with Gasteiger partial charge in [0.05, 0.1) is 34.4 Å². The number of benzene rings is 2. The van der Waals surface area contributed by atoms with Crippen LogP contribution < -0.4 is 5.32 Å². The third kappa shape index (κ3) is 13.4. The van der Waals surface area contributed by atoms with Crippen LogP contribution in [-0.2, 0) is 18.7 Å². The number of aliphatic hydroxyl groups excluding tert-OH is 2. The summed E-state index contributed by atoms with van der Waals surface area (Å²) >= 11 is 6.92. The van der Waals surface area contributed by atoms with E-state index in [-0.39, 0.29) is 42.4 Å². The van der Waals surface area contributed by atoms with Crippen LogP contribution in [0.3, 0.4) is 0 Å². The molecule has 0 aliphatic carbocycles. The van der Waals surface area contributed by atoms with Gasteiger partial charge >= 0.3 is 0 Å². The molecule has 2 aliphatic rings. The van der Waals surface area contributed by atoms with Gasteiger partial charge in [0.2, 0.25) is 21.0 Å². The Labute approximate surface area is 310 Å². The summed E-state index contributed by atoms with van der Waals surface area (Å²) in [7, 11) is 7.36. The molecule has 15 heteroatoms. The molecule has 0 bridgehead atoms.